The van der Waals surface area contributed by atoms with E-state index in [1.807, 2.05) is 0 Å². The fourth-order valence-corrected chi connectivity index (χ4v) is 0.998. The van der Waals surface area contributed by atoms with E-state index in [2.05, 4.69) is 4.98 Å². The van der Waals surface area contributed by atoms with Gasteiger partial charge in [0, 0.05) is 11.9 Å². The number of halogens is 3. The first-order valence-corrected chi connectivity index (χ1v) is 3.83. The number of hydrogen-bond donors (Lipinski definition) is 2. The minimum absolute atomic E-state index is 0.0161. The minimum atomic E-state index is -4.37. The zero-order valence-corrected chi connectivity index (χ0v) is 7.10. The van der Waals surface area contributed by atoms with Crippen LogP contribution in [0.5, 0.6) is 0 Å². The summed E-state index contributed by atoms with van der Waals surface area (Å²) in [5, 5.41) is 8.30. The van der Waals surface area contributed by atoms with Crippen LogP contribution < -0.4 is 5.73 Å². The molecule has 0 aliphatic heterocycles. The SMILES string of the molecule is N#CC[C@@H](N)c1cc(C(F)(F)F)c[nH]1. The van der Waals surface area contributed by atoms with Crippen molar-refractivity contribution >= 4 is 0 Å². The van der Waals surface area contributed by atoms with Crippen molar-refractivity contribution in [2.45, 2.75) is 18.6 Å². The highest BCUT2D eigenvalue weighted by molar-refractivity contribution is 5.22. The number of alkyl halides is 3. The second-order valence-electron chi connectivity index (χ2n) is 2.81. The van der Waals surface area contributed by atoms with Gasteiger partial charge in [-0.2, -0.15) is 18.4 Å². The third-order valence-corrected chi connectivity index (χ3v) is 1.74. The largest absolute Gasteiger partial charge is 0.417 e. The molecule has 0 saturated carbocycles. The number of nitriles is 1. The highest BCUT2D eigenvalue weighted by atomic mass is 19.4. The smallest absolute Gasteiger partial charge is 0.363 e. The zero-order valence-electron chi connectivity index (χ0n) is 7.10. The van der Waals surface area contributed by atoms with Gasteiger partial charge in [0.05, 0.1) is 24.1 Å². The van der Waals surface area contributed by atoms with Gasteiger partial charge in [0.15, 0.2) is 0 Å². The van der Waals surface area contributed by atoms with Crippen LogP contribution in [0, 0.1) is 11.3 Å². The third kappa shape index (κ3) is 2.26. The Bertz CT molecular complexity index is 347. The monoisotopic (exact) mass is 203 g/mol. The number of aromatic nitrogens is 1. The van der Waals surface area contributed by atoms with E-state index in [1.165, 1.54) is 0 Å². The van der Waals surface area contributed by atoms with Crippen molar-refractivity contribution in [1.82, 2.24) is 4.98 Å². The van der Waals surface area contributed by atoms with E-state index in [0.29, 0.717) is 0 Å². The van der Waals surface area contributed by atoms with Gasteiger partial charge in [0.1, 0.15) is 0 Å². The second-order valence-corrected chi connectivity index (χ2v) is 2.81. The maximum atomic E-state index is 12.1. The molecule has 3 N–H and O–H groups in total. The van der Waals surface area contributed by atoms with Gasteiger partial charge in [-0.25, -0.2) is 0 Å². The molecule has 14 heavy (non-hydrogen) atoms. The lowest BCUT2D eigenvalue weighted by atomic mass is 10.1. The normalized spacial score (nSPS) is 13.6. The summed E-state index contributed by atoms with van der Waals surface area (Å²) in [6, 6.07) is 2.01. The van der Waals surface area contributed by atoms with Gasteiger partial charge >= 0.3 is 6.18 Å². The quantitative estimate of drug-likeness (QED) is 0.771. The summed E-state index contributed by atoms with van der Waals surface area (Å²) in [4.78, 5) is 2.40. The fraction of sp³-hybridized carbons (Fsp3) is 0.375. The van der Waals surface area contributed by atoms with E-state index < -0.39 is 17.8 Å². The summed E-state index contributed by atoms with van der Waals surface area (Å²) in [6.45, 7) is 0. The summed E-state index contributed by atoms with van der Waals surface area (Å²) in [5.74, 6) is 0. The summed E-state index contributed by atoms with van der Waals surface area (Å²) in [7, 11) is 0. The molecule has 0 aromatic carbocycles. The molecule has 0 aliphatic rings. The summed E-state index contributed by atoms with van der Waals surface area (Å²) in [6.07, 6.45) is -3.55. The minimum Gasteiger partial charge on any atom is -0.363 e. The van der Waals surface area contributed by atoms with Crippen LogP contribution >= 0.6 is 0 Å². The van der Waals surface area contributed by atoms with Gasteiger partial charge in [-0.05, 0) is 6.07 Å². The Morgan fingerprint density at radius 2 is 2.21 bits per heavy atom. The van der Waals surface area contributed by atoms with Crippen molar-refractivity contribution in [3.63, 3.8) is 0 Å². The molecular weight excluding hydrogens is 195 g/mol. The number of aromatic amines is 1. The maximum absolute atomic E-state index is 12.1. The molecule has 1 rings (SSSR count). The number of rotatable bonds is 2. The van der Waals surface area contributed by atoms with Crippen LogP contribution in [0.25, 0.3) is 0 Å². The predicted octanol–water partition coefficient (Wildman–Crippen LogP) is 1.95. The summed E-state index contributed by atoms with van der Waals surface area (Å²) in [5.41, 5.74) is 4.89. The van der Waals surface area contributed by atoms with Crippen LogP contribution in [0.3, 0.4) is 0 Å². The van der Waals surface area contributed by atoms with Crippen molar-refractivity contribution in [3.8, 4) is 6.07 Å². The van der Waals surface area contributed by atoms with Crippen LogP contribution in [-0.4, -0.2) is 4.98 Å². The molecule has 1 aromatic heterocycles. The molecule has 6 heteroatoms. The highest BCUT2D eigenvalue weighted by Gasteiger charge is 2.32. The second kappa shape index (κ2) is 3.72. The first-order chi connectivity index (χ1) is 6.45. The molecule has 0 bridgehead atoms. The molecule has 3 nitrogen and oxygen atoms in total. The van der Waals surface area contributed by atoms with Crippen molar-refractivity contribution in [2.24, 2.45) is 5.73 Å². The van der Waals surface area contributed by atoms with Crippen LogP contribution in [-0.2, 0) is 6.18 Å². The van der Waals surface area contributed by atoms with Crippen LogP contribution in [0.1, 0.15) is 23.7 Å². The molecule has 0 fully saturated rings. The van der Waals surface area contributed by atoms with Gasteiger partial charge in [-0.1, -0.05) is 0 Å². The Labute approximate surface area is 78.3 Å². The van der Waals surface area contributed by atoms with Crippen molar-refractivity contribution in [1.29, 1.82) is 5.26 Å². The van der Waals surface area contributed by atoms with E-state index in [0.717, 1.165) is 12.3 Å². The Balaban J connectivity index is 2.84. The number of hydrogen-bond acceptors (Lipinski definition) is 2. The molecule has 1 atom stereocenters. The Hall–Kier alpha value is -1.48. The number of H-pyrrole nitrogens is 1. The summed E-state index contributed by atoms with van der Waals surface area (Å²) >= 11 is 0. The molecule has 0 aliphatic carbocycles. The molecule has 76 valence electrons. The van der Waals surface area contributed by atoms with Gasteiger partial charge in [-0.15, -0.1) is 0 Å². The standard InChI is InChI=1S/C8H8F3N3/c9-8(10,11)5-3-7(14-4-5)6(13)1-2-12/h3-4,6,14H,1,13H2/t6-/m1/s1. The topological polar surface area (TPSA) is 65.6 Å². The average molecular weight is 203 g/mol. The number of nitrogens with two attached hydrogens (primary N) is 1. The molecule has 1 aromatic rings. The lowest BCUT2D eigenvalue weighted by Crippen LogP contribution is -2.09. The number of nitrogens with one attached hydrogen (secondary N) is 1. The number of nitrogens with zero attached hydrogens (tertiary/aromatic N) is 1. The molecule has 0 amide bonds. The van der Waals surface area contributed by atoms with E-state index >= 15 is 0 Å². The fourth-order valence-electron chi connectivity index (χ4n) is 0.998. The van der Waals surface area contributed by atoms with Gasteiger partial charge in [-0.3, -0.25) is 0 Å². The Morgan fingerprint density at radius 1 is 1.57 bits per heavy atom. The van der Waals surface area contributed by atoms with Crippen molar-refractivity contribution < 1.29 is 13.2 Å². The van der Waals surface area contributed by atoms with Crippen LogP contribution in [0.15, 0.2) is 12.3 Å². The first kappa shape index (κ1) is 10.6. The zero-order chi connectivity index (χ0) is 10.8. The molecule has 0 radical (unpaired) electrons. The molecule has 0 unspecified atom stereocenters. The van der Waals surface area contributed by atoms with Gasteiger partial charge in [0.2, 0.25) is 0 Å². The Kier molecular flexibility index (Phi) is 2.81. The van der Waals surface area contributed by atoms with E-state index in [-0.39, 0.29) is 12.1 Å². The third-order valence-electron chi connectivity index (χ3n) is 1.74. The molecular formula is C8H8F3N3. The summed E-state index contributed by atoms with van der Waals surface area (Å²) < 4.78 is 36.4. The lowest BCUT2D eigenvalue weighted by Gasteiger charge is -2.03. The van der Waals surface area contributed by atoms with Crippen molar-refractivity contribution in [2.75, 3.05) is 0 Å². The Morgan fingerprint density at radius 3 is 2.64 bits per heavy atom. The lowest BCUT2D eigenvalue weighted by molar-refractivity contribution is -0.137. The highest BCUT2D eigenvalue weighted by Crippen LogP contribution is 2.30. The molecule has 0 saturated heterocycles. The van der Waals surface area contributed by atoms with Gasteiger partial charge < -0.3 is 10.7 Å². The van der Waals surface area contributed by atoms with Gasteiger partial charge in [0.25, 0.3) is 0 Å². The molecule has 1 heterocycles. The van der Waals surface area contributed by atoms with E-state index in [1.54, 1.807) is 6.07 Å². The predicted molar refractivity (Wildman–Crippen MR) is 43.0 cm³/mol. The molecule has 0 spiro atoms. The average Bonchev–Trinajstić information content (AvgIpc) is 2.51. The van der Waals surface area contributed by atoms with Crippen molar-refractivity contribution in [3.05, 3.63) is 23.5 Å². The van der Waals surface area contributed by atoms with E-state index in [9.17, 15) is 13.2 Å². The van der Waals surface area contributed by atoms with Crippen LogP contribution in [0.4, 0.5) is 13.2 Å². The first-order valence-electron chi connectivity index (χ1n) is 3.83. The van der Waals surface area contributed by atoms with E-state index in [4.69, 9.17) is 11.0 Å². The maximum Gasteiger partial charge on any atom is 0.417 e. The van der Waals surface area contributed by atoms with Crippen LogP contribution in [0.2, 0.25) is 0 Å².